The lowest BCUT2D eigenvalue weighted by Crippen LogP contribution is -2.42. The van der Waals surface area contributed by atoms with E-state index in [-0.39, 0.29) is 0 Å². The molecule has 1 fully saturated rings. The minimum atomic E-state index is -0.775. The number of aliphatic carboxylic acids is 1. The Balaban J connectivity index is 2.02. The van der Waals surface area contributed by atoms with Gasteiger partial charge in [0.2, 0.25) is 0 Å². The maximum absolute atomic E-state index is 11.5. The van der Waals surface area contributed by atoms with Crippen LogP contribution in [0.5, 0.6) is 0 Å². The van der Waals surface area contributed by atoms with E-state index in [4.69, 9.17) is 11.6 Å². The van der Waals surface area contributed by atoms with Gasteiger partial charge in [-0.1, -0.05) is 24.1 Å². The molecule has 1 aromatic heterocycles. The zero-order valence-corrected chi connectivity index (χ0v) is 10.8. The SMILES string of the molecule is O=C(O)C1(c2ccc(-n3cncn3)c(Cl)c2)CCC1. The molecular formula is C13H12ClN3O2. The quantitative estimate of drug-likeness (QED) is 0.935. The highest BCUT2D eigenvalue weighted by Gasteiger charge is 2.46. The fourth-order valence-electron chi connectivity index (χ4n) is 2.48. The number of carbonyl (C=O) groups is 1. The number of nitrogens with zero attached hydrogens (tertiary/aromatic N) is 3. The fourth-order valence-corrected chi connectivity index (χ4v) is 2.75. The summed E-state index contributed by atoms with van der Waals surface area (Å²) in [6, 6.07) is 5.33. The molecule has 19 heavy (non-hydrogen) atoms. The average Bonchev–Trinajstić information content (AvgIpc) is 2.80. The number of benzene rings is 1. The molecule has 0 bridgehead atoms. The van der Waals surface area contributed by atoms with Crippen LogP contribution in [-0.4, -0.2) is 25.8 Å². The summed E-state index contributed by atoms with van der Waals surface area (Å²) in [6.07, 6.45) is 5.25. The third-order valence-corrected chi connectivity index (χ3v) is 4.09. The van der Waals surface area contributed by atoms with Gasteiger partial charge in [0.25, 0.3) is 0 Å². The van der Waals surface area contributed by atoms with Crippen molar-refractivity contribution in [3.05, 3.63) is 41.4 Å². The van der Waals surface area contributed by atoms with Gasteiger partial charge in [0.05, 0.1) is 16.1 Å². The molecule has 0 spiro atoms. The van der Waals surface area contributed by atoms with Gasteiger partial charge in [0.15, 0.2) is 0 Å². The molecule has 1 saturated carbocycles. The van der Waals surface area contributed by atoms with E-state index >= 15 is 0 Å². The Morgan fingerprint density at radius 2 is 2.21 bits per heavy atom. The van der Waals surface area contributed by atoms with E-state index in [0.717, 1.165) is 12.0 Å². The summed E-state index contributed by atoms with van der Waals surface area (Å²) in [5.74, 6) is -0.775. The van der Waals surface area contributed by atoms with E-state index in [1.54, 1.807) is 23.1 Å². The van der Waals surface area contributed by atoms with E-state index in [2.05, 4.69) is 10.1 Å². The van der Waals surface area contributed by atoms with Crippen molar-refractivity contribution in [3.63, 3.8) is 0 Å². The predicted octanol–water partition coefficient (Wildman–Crippen LogP) is 2.43. The van der Waals surface area contributed by atoms with Gasteiger partial charge >= 0.3 is 5.97 Å². The Hall–Kier alpha value is -1.88. The van der Waals surface area contributed by atoms with Crippen molar-refractivity contribution in [1.82, 2.24) is 14.8 Å². The van der Waals surface area contributed by atoms with Gasteiger partial charge in [-0.05, 0) is 30.5 Å². The Kier molecular flexibility index (Phi) is 2.78. The lowest BCUT2D eigenvalue weighted by molar-refractivity contribution is -0.147. The number of hydrogen-bond acceptors (Lipinski definition) is 3. The van der Waals surface area contributed by atoms with E-state index in [1.165, 1.54) is 6.33 Å². The molecule has 0 atom stereocenters. The second-order valence-corrected chi connectivity index (χ2v) is 5.15. The number of aromatic nitrogens is 3. The van der Waals surface area contributed by atoms with Crippen LogP contribution in [0.4, 0.5) is 0 Å². The van der Waals surface area contributed by atoms with Crippen molar-refractivity contribution in [2.75, 3.05) is 0 Å². The van der Waals surface area contributed by atoms with Crippen LogP contribution >= 0.6 is 11.6 Å². The fraction of sp³-hybridized carbons (Fsp3) is 0.308. The van der Waals surface area contributed by atoms with Crippen molar-refractivity contribution in [3.8, 4) is 5.69 Å². The van der Waals surface area contributed by atoms with Gasteiger partial charge in [-0.25, -0.2) is 9.67 Å². The maximum atomic E-state index is 11.5. The van der Waals surface area contributed by atoms with Crippen LogP contribution in [0.25, 0.3) is 5.69 Å². The molecule has 6 heteroatoms. The van der Waals surface area contributed by atoms with Crippen molar-refractivity contribution >= 4 is 17.6 Å². The highest BCUT2D eigenvalue weighted by atomic mass is 35.5. The molecule has 1 heterocycles. The second kappa shape index (κ2) is 4.35. The van der Waals surface area contributed by atoms with Gasteiger partial charge in [-0.2, -0.15) is 5.10 Å². The largest absolute Gasteiger partial charge is 0.481 e. The molecule has 1 aliphatic rings. The Morgan fingerprint density at radius 1 is 1.42 bits per heavy atom. The monoisotopic (exact) mass is 277 g/mol. The average molecular weight is 278 g/mol. The van der Waals surface area contributed by atoms with Crippen molar-refractivity contribution in [1.29, 1.82) is 0 Å². The first kappa shape index (κ1) is 12.2. The molecule has 98 valence electrons. The Bertz CT molecular complexity index is 621. The van der Waals surface area contributed by atoms with Crippen LogP contribution in [0.15, 0.2) is 30.9 Å². The number of hydrogen-bond donors (Lipinski definition) is 1. The standard InChI is InChI=1S/C13H12ClN3O2/c14-10-6-9(13(12(18)19)4-1-5-13)2-3-11(10)17-8-15-7-16-17/h2-3,6-8H,1,4-5H2,(H,18,19). The van der Waals surface area contributed by atoms with Crippen LogP contribution in [-0.2, 0) is 10.2 Å². The first-order valence-corrected chi connectivity index (χ1v) is 6.40. The number of rotatable bonds is 3. The summed E-state index contributed by atoms with van der Waals surface area (Å²) in [4.78, 5) is 15.3. The third-order valence-electron chi connectivity index (χ3n) is 3.78. The molecule has 0 saturated heterocycles. The van der Waals surface area contributed by atoms with Gasteiger partial charge in [0.1, 0.15) is 12.7 Å². The smallest absolute Gasteiger partial charge is 0.314 e. The minimum Gasteiger partial charge on any atom is -0.481 e. The van der Waals surface area contributed by atoms with Gasteiger partial charge in [-0.3, -0.25) is 4.79 Å². The van der Waals surface area contributed by atoms with Gasteiger partial charge in [0, 0.05) is 0 Å². The lowest BCUT2D eigenvalue weighted by Gasteiger charge is -2.38. The maximum Gasteiger partial charge on any atom is 0.314 e. The van der Waals surface area contributed by atoms with Crippen LogP contribution in [0.1, 0.15) is 24.8 Å². The van der Waals surface area contributed by atoms with E-state index in [1.807, 2.05) is 6.07 Å². The highest BCUT2D eigenvalue weighted by Crippen LogP contribution is 2.45. The second-order valence-electron chi connectivity index (χ2n) is 4.75. The first-order chi connectivity index (χ1) is 9.13. The number of carboxylic acid groups (broad SMARTS) is 1. The molecule has 1 N–H and O–H groups in total. The summed E-state index contributed by atoms with van der Waals surface area (Å²) >= 11 is 6.23. The third kappa shape index (κ3) is 1.81. The summed E-state index contributed by atoms with van der Waals surface area (Å²) < 4.78 is 1.56. The summed E-state index contributed by atoms with van der Waals surface area (Å²) in [5.41, 5.74) is 0.702. The molecule has 2 aromatic rings. The van der Waals surface area contributed by atoms with Crippen molar-refractivity contribution in [2.45, 2.75) is 24.7 Å². The first-order valence-electron chi connectivity index (χ1n) is 6.02. The molecule has 3 rings (SSSR count). The highest BCUT2D eigenvalue weighted by molar-refractivity contribution is 6.32. The molecule has 1 aliphatic carbocycles. The number of halogens is 1. The molecule has 0 amide bonds. The van der Waals surface area contributed by atoms with Crippen LogP contribution in [0.3, 0.4) is 0 Å². The molecule has 0 radical (unpaired) electrons. The molecule has 1 aromatic carbocycles. The molecule has 5 nitrogen and oxygen atoms in total. The summed E-state index contributed by atoms with van der Waals surface area (Å²) in [7, 11) is 0. The zero-order valence-electron chi connectivity index (χ0n) is 10.1. The van der Waals surface area contributed by atoms with E-state index in [9.17, 15) is 9.90 Å². The van der Waals surface area contributed by atoms with Crippen LogP contribution in [0.2, 0.25) is 5.02 Å². The Morgan fingerprint density at radius 3 is 2.68 bits per heavy atom. The van der Waals surface area contributed by atoms with E-state index in [0.29, 0.717) is 23.6 Å². The minimum absolute atomic E-state index is 0.482. The van der Waals surface area contributed by atoms with Gasteiger partial charge in [-0.15, -0.1) is 0 Å². The van der Waals surface area contributed by atoms with Crippen LogP contribution in [0, 0.1) is 0 Å². The summed E-state index contributed by atoms with van der Waals surface area (Å²) in [5, 5.41) is 13.9. The van der Waals surface area contributed by atoms with Crippen molar-refractivity contribution in [2.24, 2.45) is 0 Å². The number of carboxylic acids is 1. The van der Waals surface area contributed by atoms with Crippen LogP contribution < -0.4 is 0 Å². The van der Waals surface area contributed by atoms with Gasteiger partial charge < -0.3 is 5.11 Å². The van der Waals surface area contributed by atoms with Crippen molar-refractivity contribution < 1.29 is 9.90 Å². The summed E-state index contributed by atoms with van der Waals surface area (Å²) in [6.45, 7) is 0. The topological polar surface area (TPSA) is 68.0 Å². The normalized spacial score (nSPS) is 16.9. The van der Waals surface area contributed by atoms with E-state index < -0.39 is 11.4 Å². The molecule has 0 aliphatic heterocycles. The lowest BCUT2D eigenvalue weighted by atomic mass is 9.64. The molecule has 0 unspecified atom stereocenters. The molecular weight excluding hydrogens is 266 g/mol. The zero-order chi connectivity index (χ0) is 13.5. The predicted molar refractivity (Wildman–Crippen MR) is 69.5 cm³/mol. The Labute approximate surface area is 114 Å².